The van der Waals surface area contributed by atoms with Crippen molar-refractivity contribution in [1.82, 2.24) is 25.2 Å². The van der Waals surface area contributed by atoms with Crippen LogP contribution >= 0.6 is 0 Å². The Balaban J connectivity index is 1.28. The predicted octanol–water partition coefficient (Wildman–Crippen LogP) is 6.25. The van der Waals surface area contributed by atoms with Gasteiger partial charge in [-0.1, -0.05) is 18.9 Å². The molecule has 0 radical (unpaired) electrons. The number of anilines is 1. The molecule has 0 spiro atoms. The Hall–Kier alpha value is -4.40. The van der Waals surface area contributed by atoms with Gasteiger partial charge < -0.3 is 19.7 Å². The van der Waals surface area contributed by atoms with Gasteiger partial charge in [-0.15, -0.1) is 6.42 Å². The minimum absolute atomic E-state index is 0.0395. The molecule has 50 heavy (non-hydrogen) atoms. The Morgan fingerprint density at radius 3 is 2.66 bits per heavy atom. The Kier molecular flexibility index (Phi) is 7.95. The normalized spacial score (nSPS) is 24.9. The summed E-state index contributed by atoms with van der Waals surface area (Å²) in [6, 6.07) is 6.61. The van der Waals surface area contributed by atoms with Crippen LogP contribution in [0.15, 0.2) is 30.5 Å². The molecule has 4 aliphatic rings. The van der Waals surface area contributed by atoms with Crippen LogP contribution in [0.25, 0.3) is 32.9 Å². The first-order valence-corrected chi connectivity index (χ1v) is 17.6. The summed E-state index contributed by atoms with van der Waals surface area (Å²) in [5.41, 5.74) is -0.776. The number of nitrogens with zero attached hydrogens (tertiary/aromatic N) is 5. The number of esters is 1. The highest BCUT2D eigenvalue weighted by molar-refractivity contribution is 6.03. The maximum atomic E-state index is 17.2. The standard InChI is InChI=1S/C39H42F2N6O3/c1-6-27-30(40)11-8-23-14-26(50-36(48)38(3,4)5)15-28(31(23)27)33-32(41)34-29(17-42-33)35(46-19-24-9-10-25(20-46)43-24)45-37(44-34)49-21-39-12-7-13-47(39)18-22(2)16-39/h1,8,11,14-15,17,22,24-25,43H,7,9-10,12-13,16,18-21H2,2-5H3/t22-,24?,25?,39+/m1/s1. The zero-order chi connectivity index (χ0) is 34.9. The van der Waals surface area contributed by atoms with Crippen LogP contribution in [0.4, 0.5) is 14.6 Å². The summed E-state index contributed by atoms with van der Waals surface area (Å²) in [6.45, 7) is 11.4. The molecule has 11 heteroatoms. The van der Waals surface area contributed by atoms with Gasteiger partial charge in [0.05, 0.1) is 21.9 Å². The highest BCUT2D eigenvalue weighted by Crippen LogP contribution is 2.43. The number of fused-ring (bicyclic) bond motifs is 5. The van der Waals surface area contributed by atoms with Gasteiger partial charge in [-0.3, -0.25) is 14.7 Å². The van der Waals surface area contributed by atoms with Crippen molar-refractivity contribution >= 4 is 33.5 Å². The van der Waals surface area contributed by atoms with Crippen LogP contribution < -0.4 is 19.7 Å². The van der Waals surface area contributed by atoms with Gasteiger partial charge in [0.25, 0.3) is 0 Å². The number of piperazine rings is 1. The van der Waals surface area contributed by atoms with E-state index in [-0.39, 0.29) is 45.0 Å². The summed E-state index contributed by atoms with van der Waals surface area (Å²) in [5.74, 6) is 1.92. The Labute approximate surface area is 290 Å². The third-order valence-corrected chi connectivity index (χ3v) is 10.9. The maximum Gasteiger partial charge on any atom is 0.319 e. The zero-order valence-corrected chi connectivity index (χ0v) is 29.0. The topological polar surface area (TPSA) is 92.7 Å². The van der Waals surface area contributed by atoms with E-state index in [1.807, 2.05) is 0 Å². The van der Waals surface area contributed by atoms with Gasteiger partial charge in [0.1, 0.15) is 35.2 Å². The fourth-order valence-corrected chi connectivity index (χ4v) is 8.57. The van der Waals surface area contributed by atoms with Crippen molar-refractivity contribution in [3.05, 3.63) is 47.7 Å². The lowest BCUT2D eigenvalue weighted by Crippen LogP contribution is -2.51. The second-order valence-electron chi connectivity index (χ2n) is 15.7. The van der Waals surface area contributed by atoms with Crippen LogP contribution in [0, 0.1) is 35.3 Å². The molecule has 8 rings (SSSR count). The van der Waals surface area contributed by atoms with Crippen molar-refractivity contribution in [2.45, 2.75) is 77.4 Å². The largest absolute Gasteiger partial charge is 0.461 e. The lowest BCUT2D eigenvalue weighted by Gasteiger charge is -2.34. The average molecular weight is 681 g/mol. The quantitative estimate of drug-likeness (QED) is 0.144. The third-order valence-electron chi connectivity index (χ3n) is 10.9. The first-order valence-electron chi connectivity index (χ1n) is 17.6. The molecule has 6 heterocycles. The van der Waals surface area contributed by atoms with E-state index >= 15 is 8.78 Å². The molecule has 4 aliphatic heterocycles. The van der Waals surface area contributed by atoms with Crippen LogP contribution in [0.3, 0.4) is 0 Å². The molecule has 9 nitrogen and oxygen atoms in total. The maximum absolute atomic E-state index is 17.2. The van der Waals surface area contributed by atoms with Crippen LogP contribution in [0.1, 0.15) is 65.4 Å². The fourth-order valence-electron chi connectivity index (χ4n) is 8.57. The molecule has 260 valence electrons. The van der Waals surface area contributed by atoms with E-state index in [1.165, 1.54) is 18.2 Å². The molecule has 0 aliphatic carbocycles. The van der Waals surface area contributed by atoms with E-state index < -0.39 is 23.0 Å². The first-order chi connectivity index (χ1) is 23.9. The van der Waals surface area contributed by atoms with Crippen molar-refractivity contribution in [2.75, 3.05) is 37.7 Å². The number of carbonyl (C=O) groups excluding carboxylic acids is 1. The number of terminal acetylenes is 1. The highest BCUT2D eigenvalue weighted by Gasteiger charge is 2.48. The summed E-state index contributed by atoms with van der Waals surface area (Å²) >= 11 is 0. The van der Waals surface area contributed by atoms with Crippen LogP contribution in [-0.4, -0.2) is 76.2 Å². The number of rotatable bonds is 6. The fraction of sp³-hybridized carbons (Fsp3) is 0.487. The molecule has 2 aromatic carbocycles. The van der Waals surface area contributed by atoms with E-state index in [0.29, 0.717) is 41.2 Å². The zero-order valence-electron chi connectivity index (χ0n) is 29.0. The Morgan fingerprint density at radius 1 is 1.14 bits per heavy atom. The number of benzene rings is 2. The molecule has 2 bridgehead atoms. The number of hydrogen-bond acceptors (Lipinski definition) is 9. The predicted molar refractivity (Wildman–Crippen MR) is 188 cm³/mol. The van der Waals surface area contributed by atoms with Gasteiger partial charge in [-0.25, -0.2) is 8.78 Å². The number of hydrogen-bond donors (Lipinski definition) is 1. The van der Waals surface area contributed by atoms with Crippen molar-refractivity contribution < 1.29 is 23.0 Å². The first kappa shape index (κ1) is 32.8. The van der Waals surface area contributed by atoms with Crippen LogP contribution in [0.2, 0.25) is 0 Å². The summed E-state index contributed by atoms with van der Waals surface area (Å²) < 4.78 is 44.5. The van der Waals surface area contributed by atoms with Gasteiger partial charge in [-0.05, 0) is 88.9 Å². The van der Waals surface area contributed by atoms with Crippen LogP contribution in [-0.2, 0) is 4.79 Å². The molecule has 4 atom stereocenters. The third kappa shape index (κ3) is 5.63. The summed E-state index contributed by atoms with van der Waals surface area (Å²) in [7, 11) is 0. The van der Waals surface area contributed by atoms with Gasteiger partial charge in [-0.2, -0.15) is 9.97 Å². The van der Waals surface area contributed by atoms with Gasteiger partial charge in [0.2, 0.25) is 0 Å². The molecule has 1 N–H and O–H groups in total. The van der Waals surface area contributed by atoms with Crippen molar-refractivity contribution in [3.8, 4) is 35.4 Å². The summed E-state index contributed by atoms with van der Waals surface area (Å²) in [5, 5.41) is 4.87. The van der Waals surface area contributed by atoms with Crippen molar-refractivity contribution in [3.63, 3.8) is 0 Å². The second kappa shape index (κ2) is 12.1. The number of ether oxygens (including phenoxy) is 2. The monoisotopic (exact) mass is 680 g/mol. The van der Waals surface area contributed by atoms with E-state index in [0.717, 1.165) is 58.3 Å². The molecule has 4 aromatic rings. The number of nitrogens with one attached hydrogen (secondary N) is 1. The summed E-state index contributed by atoms with van der Waals surface area (Å²) in [6.07, 6.45) is 12.7. The second-order valence-corrected chi connectivity index (χ2v) is 15.7. The minimum Gasteiger partial charge on any atom is -0.461 e. The molecule has 0 saturated carbocycles. The van der Waals surface area contributed by atoms with Gasteiger partial charge in [0, 0.05) is 48.9 Å². The number of aromatic nitrogens is 3. The molecule has 4 fully saturated rings. The van der Waals surface area contributed by atoms with Gasteiger partial charge >= 0.3 is 12.0 Å². The molecule has 0 amide bonds. The van der Waals surface area contributed by atoms with E-state index in [2.05, 4.69) is 32.9 Å². The minimum atomic E-state index is -0.798. The molecule has 2 aromatic heterocycles. The smallest absolute Gasteiger partial charge is 0.319 e. The van der Waals surface area contributed by atoms with E-state index in [9.17, 15) is 4.79 Å². The Bertz CT molecular complexity index is 2060. The van der Waals surface area contributed by atoms with Crippen molar-refractivity contribution in [1.29, 1.82) is 0 Å². The van der Waals surface area contributed by atoms with Gasteiger partial charge in [0.15, 0.2) is 5.82 Å². The number of carbonyl (C=O) groups is 1. The molecular weight excluding hydrogens is 638 g/mol. The lowest BCUT2D eigenvalue weighted by atomic mass is 9.92. The Morgan fingerprint density at radius 2 is 1.92 bits per heavy atom. The molecule has 4 saturated heterocycles. The molecule has 2 unspecified atom stereocenters. The summed E-state index contributed by atoms with van der Waals surface area (Å²) in [4.78, 5) is 31.8. The lowest BCUT2D eigenvalue weighted by molar-refractivity contribution is -0.142. The van der Waals surface area contributed by atoms with E-state index in [4.69, 9.17) is 25.9 Å². The number of halogens is 2. The van der Waals surface area contributed by atoms with Crippen LogP contribution in [0.5, 0.6) is 11.8 Å². The van der Waals surface area contributed by atoms with Crippen molar-refractivity contribution in [2.24, 2.45) is 11.3 Å². The highest BCUT2D eigenvalue weighted by atomic mass is 19.1. The molecular formula is C39H42F2N6O3. The number of pyridine rings is 1. The SMILES string of the molecule is C#Cc1c(F)ccc2cc(OC(=O)C(C)(C)C)cc(-c3ncc4c(N5CC6CCC(C5)N6)nc(OC[C@@]56CCCN5C[C@H](C)C6)nc4c3F)c12. The average Bonchev–Trinajstić information content (AvgIpc) is 3.73. The van der Waals surface area contributed by atoms with E-state index in [1.54, 1.807) is 33.0 Å².